The average Bonchev–Trinajstić information content (AvgIpc) is 2.29. The van der Waals surface area contributed by atoms with Crippen LogP contribution in [-0.4, -0.2) is 36.8 Å². The van der Waals surface area contributed by atoms with Gasteiger partial charge in [-0.1, -0.05) is 0 Å². The number of hydrogen-bond donors (Lipinski definition) is 0. The number of hydrogen-bond acceptors (Lipinski definition) is 3. The summed E-state index contributed by atoms with van der Waals surface area (Å²) >= 11 is 0. The summed E-state index contributed by atoms with van der Waals surface area (Å²) in [6.45, 7) is 3.74. The van der Waals surface area contributed by atoms with Crippen LogP contribution in [0.15, 0.2) is 0 Å². The Hall–Kier alpha value is -0.420. The number of carbonyl (C=O) groups excluding carboxylic acids is 1. The Morgan fingerprint density at radius 3 is 2.64 bits per heavy atom. The maximum absolute atomic E-state index is 11.7. The minimum absolute atomic E-state index is 0.0144. The van der Waals surface area contributed by atoms with Gasteiger partial charge in [-0.3, -0.25) is 4.79 Å². The van der Waals surface area contributed by atoms with Crippen molar-refractivity contribution in [3.8, 4) is 0 Å². The number of nitrogens with zero attached hydrogens (tertiary/aromatic N) is 1. The highest BCUT2D eigenvalue weighted by Crippen LogP contribution is 2.14. The first-order valence-electron chi connectivity index (χ1n) is 4.79. The number of carbonyl (C=O) groups is 1. The van der Waals surface area contributed by atoms with E-state index in [2.05, 4.69) is 0 Å². The Morgan fingerprint density at radius 1 is 1.43 bits per heavy atom. The molecule has 1 radical (unpaired) electrons. The first-order valence-corrected chi connectivity index (χ1v) is 6.30. The van der Waals surface area contributed by atoms with Gasteiger partial charge in [0.15, 0.2) is 5.78 Å². The molecule has 0 aromatic carbocycles. The van der Waals surface area contributed by atoms with Gasteiger partial charge in [-0.2, -0.15) is 4.31 Å². The van der Waals surface area contributed by atoms with Gasteiger partial charge in [0.2, 0.25) is 10.0 Å². The van der Waals surface area contributed by atoms with Crippen molar-refractivity contribution in [3.63, 3.8) is 0 Å². The second-order valence-corrected chi connectivity index (χ2v) is 6.23. The fraction of sp³-hybridized carbons (Fsp3) is 0.778. The van der Waals surface area contributed by atoms with Crippen molar-refractivity contribution in [2.45, 2.75) is 31.9 Å². The average molecular weight is 218 g/mol. The number of sulfonamides is 1. The summed E-state index contributed by atoms with van der Waals surface area (Å²) in [5.41, 5.74) is 0. The molecule has 1 aliphatic rings. The third-order valence-electron chi connectivity index (χ3n) is 2.27. The predicted molar refractivity (Wildman–Crippen MR) is 54.2 cm³/mol. The third kappa shape index (κ3) is 2.54. The van der Waals surface area contributed by atoms with Crippen LogP contribution in [0, 0.1) is 6.42 Å². The largest absolute Gasteiger partial charge is 0.298 e. The fourth-order valence-electron chi connectivity index (χ4n) is 1.36. The molecule has 5 heteroatoms. The number of ketones is 1. The molecule has 4 nitrogen and oxygen atoms in total. The summed E-state index contributed by atoms with van der Waals surface area (Å²) in [5.74, 6) is -0.0910. The van der Waals surface area contributed by atoms with Gasteiger partial charge >= 0.3 is 0 Å². The van der Waals surface area contributed by atoms with E-state index < -0.39 is 15.3 Å². The molecule has 81 valence electrons. The molecule has 14 heavy (non-hydrogen) atoms. The summed E-state index contributed by atoms with van der Waals surface area (Å²) in [4.78, 5) is 11.2. The molecule has 1 heterocycles. The SMILES string of the molecule is CC(C)S(=O)(=O)N1CCC[CH]C(=O)C1. The van der Waals surface area contributed by atoms with Crippen LogP contribution in [0.4, 0.5) is 0 Å². The van der Waals surface area contributed by atoms with Gasteiger partial charge in [-0.05, 0) is 26.7 Å². The van der Waals surface area contributed by atoms with Gasteiger partial charge in [-0.15, -0.1) is 0 Å². The molecular weight excluding hydrogens is 202 g/mol. The van der Waals surface area contributed by atoms with Crippen molar-refractivity contribution in [1.82, 2.24) is 4.31 Å². The maximum atomic E-state index is 11.7. The van der Waals surface area contributed by atoms with E-state index in [4.69, 9.17) is 0 Å². The van der Waals surface area contributed by atoms with Crippen LogP contribution in [0.1, 0.15) is 26.7 Å². The summed E-state index contributed by atoms with van der Waals surface area (Å²) in [6.07, 6.45) is 3.00. The first-order chi connectivity index (χ1) is 6.44. The molecule has 0 bridgehead atoms. The lowest BCUT2D eigenvalue weighted by Crippen LogP contribution is -2.39. The van der Waals surface area contributed by atoms with Crippen molar-refractivity contribution in [2.75, 3.05) is 13.1 Å². The molecule has 1 saturated heterocycles. The van der Waals surface area contributed by atoms with E-state index in [9.17, 15) is 13.2 Å². The first kappa shape index (κ1) is 11.7. The molecule has 0 aliphatic carbocycles. The minimum Gasteiger partial charge on any atom is -0.298 e. The third-order valence-corrected chi connectivity index (χ3v) is 4.49. The lowest BCUT2D eigenvalue weighted by molar-refractivity contribution is -0.115. The van der Waals surface area contributed by atoms with Crippen molar-refractivity contribution >= 4 is 15.8 Å². The Bertz CT molecular complexity index is 308. The van der Waals surface area contributed by atoms with Gasteiger partial charge in [0.1, 0.15) is 0 Å². The zero-order valence-electron chi connectivity index (χ0n) is 8.56. The molecule has 0 spiro atoms. The summed E-state index contributed by atoms with van der Waals surface area (Å²) in [5, 5.41) is -0.451. The lowest BCUT2D eigenvalue weighted by atomic mass is 10.2. The van der Waals surface area contributed by atoms with Gasteiger partial charge < -0.3 is 0 Å². The maximum Gasteiger partial charge on any atom is 0.216 e. The quantitative estimate of drug-likeness (QED) is 0.681. The highest BCUT2D eigenvalue weighted by atomic mass is 32.2. The summed E-state index contributed by atoms with van der Waals surface area (Å²) in [7, 11) is -3.26. The van der Waals surface area contributed by atoms with Crippen molar-refractivity contribution in [2.24, 2.45) is 0 Å². The number of Topliss-reactive ketones (excluding diaryl/α,β-unsaturated/α-hetero) is 1. The standard InChI is InChI=1S/C9H16NO3S/c1-8(2)14(12,13)10-6-4-3-5-9(11)7-10/h5,8H,3-4,6-7H2,1-2H3. The van der Waals surface area contributed by atoms with E-state index >= 15 is 0 Å². The lowest BCUT2D eigenvalue weighted by Gasteiger charge is -2.21. The van der Waals surface area contributed by atoms with Crippen LogP contribution in [0.2, 0.25) is 0 Å². The van der Waals surface area contributed by atoms with E-state index in [0.29, 0.717) is 13.0 Å². The zero-order chi connectivity index (χ0) is 10.8. The summed E-state index contributed by atoms with van der Waals surface area (Å²) < 4.78 is 24.8. The Morgan fingerprint density at radius 2 is 2.07 bits per heavy atom. The van der Waals surface area contributed by atoms with Gasteiger partial charge in [-0.25, -0.2) is 8.42 Å². The molecule has 0 N–H and O–H groups in total. The number of rotatable bonds is 2. The Balaban J connectivity index is 2.81. The zero-order valence-corrected chi connectivity index (χ0v) is 9.38. The molecule has 1 fully saturated rings. The highest BCUT2D eigenvalue weighted by molar-refractivity contribution is 7.89. The van der Waals surface area contributed by atoms with Crippen molar-refractivity contribution < 1.29 is 13.2 Å². The van der Waals surface area contributed by atoms with E-state index in [1.165, 1.54) is 4.31 Å². The van der Waals surface area contributed by atoms with Crippen LogP contribution < -0.4 is 0 Å². The second-order valence-electron chi connectivity index (χ2n) is 3.74. The Labute approximate surface area is 85.3 Å². The topological polar surface area (TPSA) is 54.5 Å². The smallest absolute Gasteiger partial charge is 0.216 e. The minimum atomic E-state index is -3.26. The van der Waals surface area contributed by atoms with Gasteiger partial charge in [0, 0.05) is 13.0 Å². The molecule has 1 rings (SSSR count). The molecular formula is C9H16NO3S. The summed E-state index contributed by atoms with van der Waals surface area (Å²) in [6, 6.07) is 0. The van der Waals surface area contributed by atoms with Crippen molar-refractivity contribution in [1.29, 1.82) is 0 Å². The molecule has 0 amide bonds. The van der Waals surface area contributed by atoms with Crippen LogP contribution in [0.3, 0.4) is 0 Å². The van der Waals surface area contributed by atoms with Crippen LogP contribution in [-0.2, 0) is 14.8 Å². The molecule has 0 aromatic heterocycles. The van der Waals surface area contributed by atoms with E-state index in [-0.39, 0.29) is 12.3 Å². The highest BCUT2D eigenvalue weighted by Gasteiger charge is 2.28. The van der Waals surface area contributed by atoms with Crippen LogP contribution in [0.5, 0.6) is 0 Å². The van der Waals surface area contributed by atoms with Gasteiger partial charge in [0.05, 0.1) is 11.8 Å². The molecule has 0 saturated carbocycles. The normalized spacial score (nSPS) is 21.2. The van der Waals surface area contributed by atoms with Crippen LogP contribution >= 0.6 is 0 Å². The van der Waals surface area contributed by atoms with Crippen molar-refractivity contribution in [3.05, 3.63) is 6.42 Å². The van der Waals surface area contributed by atoms with E-state index in [1.54, 1.807) is 20.3 Å². The molecule has 0 atom stereocenters. The van der Waals surface area contributed by atoms with Gasteiger partial charge in [0.25, 0.3) is 0 Å². The van der Waals surface area contributed by atoms with Crippen LogP contribution in [0.25, 0.3) is 0 Å². The molecule has 0 aromatic rings. The molecule has 0 unspecified atom stereocenters. The fourth-order valence-corrected chi connectivity index (χ4v) is 2.65. The Kier molecular flexibility index (Phi) is 3.66. The van der Waals surface area contributed by atoms with E-state index in [1.807, 2.05) is 0 Å². The van der Waals surface area contributed by atoms with E-state index in [0.717, 1.165) is 6.42 Å². The second kappa shape index (κ2) is 4.40. The molecule has 1 aliphatic heterocycles. The predicted octanol–water partition coefficient (Wildman–Crippen LogP) is 0.594. The monoisotopic (exact) mass is 218 g/mol.